The second-order valence-electron chi connectivity index (χ2n) is 7.05. The number of rotatable bonds is 5. The molecule has 0 atom stereocenters. The highest BCUT2D eigenvalue weighted by atomic mass is 16.5. The molecule has 0 spiro atoms. The zero-order valence-corrected chi connectivity index (χ0v) is 17.3. The first-order chi connectivity index (χ1) is 15.1. The van der Waals surface area contributed by atoms with Crippen LogP contribution in [0.25, 0.3) is 0 Å². The fourth-order valence-electron chi connectivity index (χ4n) is 3.64. The van der Waals surface area contributed by atoms with E-state index in [4.69, 9.17) is 9.47 Å². The molecule has 31 heavy (non-hydrogen) atoms. The number of ether oxygens (including phenoxy) is 2. The summed E-state index contributed by atoms with van der Waals surface area (Å²) >= 11 is 0. The van der Waals surface area contributed by atoms with E-state index in [9.17, 15) is 9.59 Å². The predicted molar refractivity (Wildman–Crippen MR) is 114 cm³/mol. The molecule has 1 aliphatic rings. The van der Waals surface area contributed by atoms with Gasteiger partial charge in [0, 0.05) is 24.8 Å². The highest BCUT2D eigenvalue weighted by Gasteiger charge is 2.25. The molecule has 8 nitrogen and oxygen atoms in total. The molecule has 4 rings (SSSR count). The van der Waals surface area contributed by atoms with Crippen LogP contribution in [-0.2, 0) is 13.0 Å². The molecule has 2 heterocycles. The Morgan fingerprint density at radius 3 is 2.58 bits per heavy atom. The first-order valence-electron chi connectivity index (χ1n) is 9.80. The number of methoxy groups -OCH3 is 2. The normalized spacial score (nSPS) is 12.6. The van der Waals surface area contributed by atoms with Gasteiger partial charge in [0.25, 0.3) is 11.8 Å². The first-order valence-corrected chi connectivity index (χ1v) is 9.80. The molecule has 2 amide bonds. The molecule has 1 aromatic heterocycles. The second kappa shape index (κ2) is 8.83. The third-order valence-electron chi connectivity index (χ3n) is 5.21. The maximum absolute atomic E-state index is 13.3. The average Bonchev–Trinajstić information content (AvgIpc) is 2.83. The van der Waals surface area contributed by atoms with Gasteiger partial charge < -0.3 is 19.7 Å². The number of benzene rings is 2. The maximum Gasteiger partial charge on any atom is 0.274 e. The summed E-state index contributed by atoms with van der Waals surface area (Å²) in [6, 6.07) is 12.8. The molecule has 0 fully saturated rings. The lowest BCUT2D eigenvalue weighted by atomic mass is 9.99. The SMILES string of the molecule is COc1cc(C(=O)N2CCc3ccccc3C2)cc(NC(=O)c2ccncn2)c1OC. The van der Waals surface area contributed by atoms with E-state index in [0.717, 1.165) is 12.0 Å². The van der Waals surface area contributed by atoms with Crippen molar-refractivity contribution in [3.8, 4) is 11.5 Å². The summed E-state index contributed by atoms with van der Waals surface area (Å²) in [4.78, 5) is 35.5. The van der Waals surface area contributed by atoms with Crippen molar-refractivity contribution < 1.29 is 19.1 Å². The van der Waals surface area contributed by atoms with Crippen molar-refractivity contribution in [3.63, 3.8) is 0 Å². The van der Waals surface area contributed by atoms with Gasteiger partial charge >= 0.3 is 0 Å². The highest BCUT2D eigenvalue weighted by Crippen LogP contribution is 2.37. The Bertz CT molecular complexity index is 1120. The summed E-state index contributed by atoms with van der Waals surface area (Å²) in [6.45, 7) is 1.15. The molecule has 8 heteroatoms. The van der Waals surface area contributed by atoms with Crippen LogP contribution in [0.4, 0.5) is 5.69 Å². The summed E-state index contributed by atoms with van der Waals surface area (Å²) in [7, 11) is 2.96. The Labute approximate surface area is 179 Å². The third kappa shape index (κ3) is 4.18. The molecule has 0 aliphatic carbocycles. The zero-order valence-electron chi connectivity index (χ0n) is 17.3. The lowest BCUT2D eigenvalue weighted by Crippen LogP contribution is -2.36. The molecule has 1 aliphatic heterocycles. The molecule has 1 N–H and O–H groups in total. The van der Waals surface area contributed by atoms with Crippen LogP contribution in [0.5, 0.6) is 11.5 Å². The van der Waals surface area contributed by atoms with Crippen LogP contribution < -0.4 is 14.8 Å². The van der Waals surface area contributed by atoms with Crippen molar-refractivity contribution in [2.24, 2.45) is 0 Å². The van der Waals surface area contributed by atoms with Gasteiger partial charge in [-0.25, -0.2) is 9.97 Å². The van der Waals surface area contributed by atoms with Gasteiger partial charge in [-0.1, -0.05) is 24.3 Å². The molecule has 158 valence electrons. The van der Waals surface area contributed by atoms with Crippen molar-refractivity contribution >= 4 is 17.5 Å². The van der Waals surface area contributed by atoms with Crippen molar-refractivity contribution in [3.05, 3.63) is 77.4 Å². The molecular weight excluding hydrogens is 396 g/mol. The predicted octanol–water partition coefficient (Wildman–Crippen LogP) is 2.94. The molecule has 0 radical (unpaired) electrons. The standard InChI is InChI=1S/C23H22N4O4/c1-30-20-12-17(23(29)27-10-8-15-5-3-4-6-16(15)13-27)11-19(21(20)31-2)26-22(28)18-7-9-24-14-25-18/h3-7,9,11-12,14H,8,10,13H2,1-2H3,(H,26,28). The second-order valence-corrected chi connectivity index (χ2v) is 7.05. The van der Waals surface area contributed by atoms with E-state index >= 15 is 0 Å². The Hall–Kier alpha value is -3.94. The van der Waals surface area contributed by atoms with Crippen molar-refractivity contribution in [2.45, 2.75) is 13.0 Å². The number of amides is 2. The number of nitrogens with one attached hydrogen (secondary N) is 1. The molecule has 3 aromatic rings. The van der Waals surface area contributed by atoms with E-state index in [2.05, 4.69) is 21.4 Å². The Morgan fingerprint density at radius 1 is 1.06 bits per heavy atom. The van der Waals surface area contributed by atoms with Crippen molar-refractivity contribution in [1.82, 2.24) is 14.9 Å². The number of fused-ring (bicyclic) bond motifs is 1. The van der Waals surface area contributed by atoms with E-state index in [-0.39, 0.29) is 11.6 Å². The summed E-state index contributed by atoms with van der Waals surface area (Å²) < 4.78 is 10.9. The molecule has 0 saturated carbocycles. The molecule has 0 unspecified atom stereocenters. The average molecular weight is 418 g/mol. The van der Waals surface area contributed by atoms with Crippen LogP contribution in [0.2, 0.25) is 0 Å². The minimum atomic E-state index is -0.445. The van der Waals surface area contributed by atoms with Gasteiger partial charge in [0.1, 0.15) is 12.0 Å². The van der Waals surface area contributed by atoms with Crippen LogP contribution in [0, 0.1) is 0 Å². The maximum atomic E-state index is 13.3. The summed E-state index contributed by atoms with van der Waals surface area (Å²) in [5.41, 5.74) is 3.32. The lowest BCUT2D eigenvalue weighted by molar-refractivity contribution is 0.0734. The number of carbonyl (C=O) groups excluding carboxylic acids is 2. The first kappa shape index (κ1) is 20.3. The zero-order chi connectivity index (χ0) is 21.8. The van der Waals surface area contributed by atoms with Crippen molar-refractivity contribution in [1.29, 1.82) is 0 Å². The van der Waals surface area contributed by atoms with Gasteiger partial charge in [0.2, 0.25) is 0 Å². The van der Waals surface area contributed by atoms with Crippen LogP contribution in [0.15, 0.2) is 55.0 Å². The Morgan fingerprint density at radius 2 is 1.87 bits per heavy atom. The number of hydrogen-bond acceptors (Lipinski definition) is 6. The van der Waals surface area contributed by atoms with Crippen LogP contribution in [0.3, 0.4) is 0 Å². The van der Waals surface area contributed by atoms with Gasteiger partial charge in [0.15, 0.2) is 11.5 Å². The molecular formula is C23H22N4O4. The summed E-state index contributed by atoms with van der Waals surface area (Å²) in [5.74, 6) is 0.0847. The van der Waals surface area contributed by atoms with E-state index in [0.29, 0.717) is 35.8 Å². The molecule has 0 saturated heterocycles. The van der Waals surface area contributed by atoms with Crippen LogP contribution in [-0.4, -0.2) is 47.4 Å². The molecule has 2 aromatic carbocycles. The molecule has 0 bridgehead atoms. The summed E-state index contributed by atoms with van der Waals surface area (Å²) in [6.07, 6.45) is 3.57. The third-order valence-corrected chi connectivity index (χ3v) is 5.21. The van der Waals surface area contributed by atoms with E-state index in [1.165, 1.54) is 38.4 Å². The topological polar surface area (TPSA) is 93.7 Å². The minimum Gasteiger partial charge on any atom is -0.493 e. The number of aromatic nitrogens is 2. The minimum absolute atomic E-state index is 0.145. The van der Waals surface area contributed by atoms with Gasteiger partial charge in [-0.15, -0.1) is 0 Å². The van der Waals surface area contributed by atoms with Gasteiger partial charge in [-0.2, -0.15) is 0 Å². The van der Waals surface area contributed by atoms with E-state index < -0.39 is 5.91 Å². The number of anilines is 1. The van der Waals surface area contributed by atoms with E-state index in [1.807, 2.05) is 18.2 Å². The summed E-state index contributed by atoms with van der Waals surface area (Å²) in [5, 5.41) is 2.76. The monoisotopic (exact) mass is 418 g/mol. The number of hydrogen-bond donors (Lipinski definition) is 1. The van der Waals surface area contributed by atoms with E-state index in [1.54, 1.807) is 17.0 Å². The largest absolute Gasteiger partial charge is 0.493 e. The quantitative estimate of drug-likeness (QED) is 0.685. The van der Waals surface area contributed by atoms with Crippen LogP contribution in [0.1, 0.15) is 32.0 Å². The Kier molecular flexibility index (Phi) is 5.79. The smallest absolute Gasteiger partial charge is 0.274 e. The van der Waals surface area contributed by atoms with Gasteiger partial charge in [0.05, 0.1) is 19.9 Å². The van der Waals surface area contributed by atoms with Gasteiger partial charge in [-0.05, 0) is 35.7 Å². The fraction of sp³-hybridized carbons (Fsp3) is 0.217. The van der Waals surface area contributed by atoms with Crippen molar-refractivity contribution in [2.75, 3.05) is 26.1 Å². The lowest BCUT2D eigenvalue weighted by Gasteiger charge is -2.29. The van der Waals surface area contributed by atoms with Gasteiger partial charge in [-0.3, -0.25) is 9.59 Å². The Balaban J connectivity index is 1.64. The highest BCUT2D eigenvalue weighted by molar-refractivity contribution is 6.05. The fourth-order valence-corrected chi connectivity index (χ4v) is 3.64. The number of carbonyl (C=O) groups is 2. The number of nitrogens with zero attached hydrogens (tertiary/aromatic N) is 3. The van der Waals surface area contributed by atoms with Crippen LogP contribution >= 0.6 is 0 Å².